The number of ether oxygens (including phenoxy) is 2. The number of benzene rings is 2. The van der Waals surface area contributed by atoms with E-state index in [0.717, 1.165) is 17.7 Å². The van der Waals surface area contributed by atoms with Gasteiger partial charge in [0.1, 0.15) is 23.6 Å². The lowest BCUT2D eigenvalue weighted by Gasteiger charge is -2.15. The Morgan fingerprint density at radius 1 is 0.762 bits per heavy atom. The number of hydrogen-bond acceptors (Lipinski definition) is 6. The van der Waals surface area contributed by atoms with Crippen LogP contribution in [0.1, 0.15) is 127 Å². The fourth-order valence-corrected chi connectivity index (χ4v) is 4.90. The van der Waals surface area contributed by atoms with E-state index in [1.165, 1.54) is 83.5 Å². The highest BCUT2D eigenvalue weighted by Gasteiger charge is 2.13. The van der Waals surface area contributed by atoms with Gasteiger partial charge >= 0.3 is 6.09 Å². The van der Waals surface area contributed by atoms with Crippen molar-refractivity contribution in [3.8, 4) is 23.6 Å². The van der Waals surface area contributed by atoms with Crippen LogP contribution in [-0.4, -0.2) is 12.7 Å². The molecule has 0 aliphatic rings. The molecule has 228 valence electrons. The number of anilines is 1. The van der Waals surface area contributed by atoms with Gasteiger partial charge in [-0.05, 0) is 60.7 Å². The van der Waals surface area contributed by atoms with Gasteiger partial charge < -0.3 is 9.47 Å². The molecule has 2 rings (SSSR count). The van der Waals surface area contributed by atoms with Crippen LogP contribution < -0.4 is 20.3 Å². The number of carbonyl (C=O) groups is 1. The van der Waals surface area contributed by atoms with Crippen LogP contribution in [-0.2, 0) is 6.42 Å². The second-order valence-corrected chi connectivity index (χ2v) is 11.4. The van der Waals surface area contributed by atoms with E-state index in [4.69, 9.17) is 9.47 Å². The number of rotatable bonds is 21. The Kier molecular flexibility index (Phi) is 17.3. The van der Waals surface area contributed by atoms with Crippen LogP contribution in [0.4, 0.5) is 10.5 Å². The first-order valence-electron chi connectivity index (χ1n) is 15.9. The highest BCUT2D eigenvalue weighted by atomic mass is 16.6. The van der Waals surface area contributed by atoms with E-state index in [0.29, 0.717) is 35.9 Å². The van der Waals surface area contributed by atoms with Gasteiger partial charge in [-0.3, -0.25) is 5.43 Å². The monoisotopic (exact) mass is 574 g/mol. The Bertz CT molecular complexity index is 1130. The third-order valence-corrected chi connectivity index (χ3v) is 7.21. The molecule has 7 heteroatoms. The summed E-state index contributed by atoms with van der Waals surface area (Å²) >= 11 is 0. The highest BCUT2D eigenvalue weighted by Crippen LogP contribution is 2.24. The lowest BCUT2D eigenvalue weighted by atomic mass is 9.97. The summed E-state index contributed by atoms with van der Waals surface area (Å²) in [5, 5.41) is 18.7. The molecule has 0 atom stereocenters. The average Bonchev–Trinajstić information content (AvgIpc) is 2.98. The molecule has 0 aliphatic heterocycles. The van der Waals surface area contributed by atoms with Crippen LogP contribution in [0.2, 0.25) is 0 Å². The molecule has 0 saturated heterocycles. The Balaban J connectivity index is 1.60. The van der Waals surface area contributed by atoms with Crippen molar-refractivity contribution >= 4 is 11.8 Å². The molecule has 7 nitrogen and oxygen atoms in total. The van der Waals surface area contributed by atoms with Gasteiger partial charge in [-0.25, -0.2) is 10.2 Å². The fourth-order valence-electron chi connectivity index (χ4n) is 4.90. The molecular weight excluding hydrogens is 524 g/mol. The van der Waals surface area contributed by atoms with Crippen molar-refractivity contribution in [3.63, 3.8) is 0 Å². The van der Waals surface area contributed by atoms with Crippen molar-refractivity contribution in [3.05, 3.63) is 53.1 Å². The second kappa shape index (κ2) is 21.1. The number of nitrogens with zero attached hydrogens (tertiary/aromatic N) is 2. The van der Waals surface area contributed by atoms with E-state index in [1.807, 2.05) is 6.07 Å². The van der Waals surface area contributed by atoms with Gasteiger partial charge in [0.15, 0.2) is 0 Å². The summed E-state index contributed by atoms with van der Waals surface area (Å²) in [6.07, 6.45) is 18.6. The third kappa shape index (κ3) is 14.3. The third-order valence-electron chi connectivity index (χ3n) is 7.21. The minimum atomic E-state index is -0.690. The SMILES string of the molecule is CCCCCCCCCCCCCCCCOc1ccc(OC(=O)NNc2cc(C#N)c(C#N)cc2CC(C)C)cc1. The quantitative estimate of drug-likeness (QED) is 0.113. The van der Waals surface area contributed by atoms with Crippen LogP contribution in [0.15, 0.2) is 36.4 Å². The molecule has 0 saturated carbocycles. The normalized spacial score (nSPS) is 10.6. The molecule has 0 radical (unpaired) electrons. The first kappa shape index (κ1) is 34.5. The summed E-state index contributed by atoms with van der Waals surface area (Å²) in [4.78, 5) is 12.4. The van der Waals surface area contributed by atoms with E-state index >= 15 is 0 Å². The molecular formula is C35H50N4O3. The zero-order chi connectivity index (χ0) is 30.4. The lowest BCUT2D eigenvalue weighted by molar-refractivity contribution is 0.202. The summed E-state index contributed by atoms with van der Waals surface area (Å²) in [7, 11) is 0. The largest absolute Gasteiger partial charge is 0.494 e. The standard InChI is InChI=1S/C35H50N4O3/c1-4-5-6-7-8-9-10-11-12-13-14-15-16-17-22-41-32-18-20-33(21-19-32)42-35(40)39-38-34-25-31(27-37)30(26-36)24-29(34)23-28(2)3/h18-21,24-25,28,38H,4-17,22-23H2,1-3H3,(H,39,40). The summed E-state index contributed by atoms with van der Waals surface area (Å²) in [5.41, 5.74) is 7.30. The summed E-state index contributed by atoms with van der Waals surface area (Å²) in [6.45, 7) is 7.06. The Labute approximate surface area is 253 Å². The molecule has 2 aromatic carbocycles. The molecule has 0 unspecified atom stereocenters. The van der Waals surface area contributed by atoms with E-state index in [-0.39, 0.29) is 5.56 Å². The van der Waals surface area contributed by atoms with Gasteiger partial charge in [-0.2, -0.15) is 10.5 Å². The second-order valence-electron chi connectivity index (χ2n) is 11.4. The number of unbranched alkanes of at least 4 members (excludes halogenated alkanes) is 13. The van der Waals surface area contributed by atoms with Crippen LogP contribution in [0.3, 0.4) is 0 Å². The van der Waals surface area contributed by atoms with Crippen molar-refractivity contribution in [1.29, 1.82) is 10.5 Å². The van der Waals surface area contributed by atoms with Crippen molar-refractivity contribution in [2.75, 3.05) is 12.0 Å². The maximum atomic E-state index is 12.4. The number of nitrogens with one attached hydrogen (secondary N) is 2. The zero-order valence-electron chi connectivity index (χ0n) is 26.0. The minimum absolute atomic E-state index is 0.243. The minimum Gasteiger partial charge on any atom is -0.494 e. The predicted molar refractivity (Wildman–Crippen MR) is 169 cm³/mol. The maximum absolute atomic E-state index is 12.4. The van der Waals surface area contributed by atoms with Crippen LogP contribution >= 0.6 is 0 Å². The molecule has 0 bridgehead atoms. The maximum Gasteiger partial charge on any atom is 0.431 e. The summed E-state index contributed by atoms with van der Waals surface area (Å²) in [5.74, 6) is 1.46. The first-order valence-corrected chi connectivity index (χ1v) is 15.9. The van der Waals surface area contributed by atoms with Crippen LogP contribution in [0, 0.1) is 28.6 Å². The van der Waals surface area contributed by atoms with Gasteiger partial charge in [0.2, 0.25) is 0 Å². The lowest BCUT2D eigenvalue weighted by Crippen LogP contribution is -2.32. The van der Waals surface area contributed by atoms with E-state index in [2.05, 4.69) is 37.7 Å². The molecule has 0 spiro atoms. The Hall–Kier alpha value is -3.71. The topological polar surface area (TPSA) is 107 Å². The molecule has 0 fully saturated rings. The number of nitriles is 2. The fraction of sp³-hybridized carbons (Fsp3) is 0.571. The number of amides is 1. The zero-order valence-corrected chi connectivity index (χ0v) is 26.0. The molecule has 0 aromatic heterocycles. The molecule has 0 heterocycles. The van der Waals surface area contributed by atoms with Gasteiger partial charge in [-0.15, -0.1) is 0 Å². The Morgan fingerprint density at radius 3 is 1.79 bits per heavy atom. The van der Waals surface area contributed by atoms with Gasteiger partial charge in [0.05, 0.1) is 23.4 Å². The van der Waals surface area contributed by atoms with E-state index in [1.54, 1.807) is 36.4 Å². The molecule has 2 N–H and O–H groups in total. The summed E-state index contributed by atoms with van der Waals surface area (Å²) in [6, 6.07) is 14.3. The van der Waals surface area contributed by atoms with Gasteiger partial charge in [-0.1, -0.05) is 104 Å². The van der Waals surface area contributed by atoms with Gasteiger partial charge in [0.25, 0.3) is 0 Å². The van der Waals surface area contributed by atoms with Crippen molar-refractivity contribution < 1.29 is 14.3 Å². The Morgan fingerprint density at radius 2 is 1.26 bits per heavy atom. The van der Waals surface area contributed by atoms with Crippen molar-refractivity contribution in [1.82, 2.24) is 5.43 Å². The smallest absolute Gasteiger partial charge is 0.431 e. The number of carbonyl (C=O) groups excluding carboxylic acids is 1. The van der Waals surface area contributed by atoms with E-state index in [9.17, 15) is 15.3 Å². The highest BCUT2D eigenvalue weighted by molar-refractivity contribution is 5.73. The first-order chi connectivity index (χ1) is 20.5. The molecule has 1 amide bonds. The van der Waals surface area contributed by atoms with Crippen LogP contribution in [0.25, 0.3) is 0 Å². The number of hydrazine groups is 1. The molecule has 0 aliphatic carbocycles. The van der Waals surface area contributed by atoms with Gasteiger partial charge in [0, 0.05) is 0 Å². The van der Waals surface area contributed by atoms with Crippen LogP contribution in [0.5, 0.6) is 11.5 Å². The van der Waals surface area contributed by atoms with Crippen molar-refractivity contribution in [2.45, 2.75) is 117 Å². The van der Waals surface area contributed by atoms with E-state index < -0.39 is 6.09 Å². The molecule has 42 heavy (non-hydrogen) atoms. The summed E-state index contributed by atoms with van der Waals surface area (Å²) < 4.78 is 11.2. The average molecular weight is 575 g/mol. The predicted octanol–water partition coefficient (Wildman–Crippen LogP) is 9.60. The molecule has 2 aromatic rings. The number of hydrogen-bond donors (Lipinski definition) is 2. The van der Waals surface area contributed by atoms with Crippen molar-refractivity contribution in [2.24, 2.45) is 5.92 Å².